The van der Waals surface area contributed by atoms with Gasteiger partial charge in [-0.2, -0.15) is 0 Å². The summed E-state index contributed by atoms with van der Waals surface area (Å²) in [6, 6.07) is 0. The zero-order valence-corrected chi connectivity index (χ0v) is 9.74. The lowest BCUT2D eigenvalue weighted by atomic mass is 10.3. The number of nitrogens with zero attached hydrogens (tertiary/aromatic N) is 2. The normalized spacial score (nSPS) is 16.5. The fraction of sp³-hybridized carbons (Fsp3) is 0.545. The van der Waals surface area contributed by atoms with Crippen LogP contribution in [0.1, 0.15) is 13.8 Å². The summed E-state index contributed by atoms with van der Waals surface area (Å²) >= 11 is 0. The molecule has 4 nitrogen and oxygen atoms in total. The lowest BCUT2D eigenvalue weighted by Crippen LogP contribution is -2.42. The molecule has 1 aliphatic rings. The van der Waals surface area contributed by atoms with E-state index in [2.05, 4.69) is 21.8 Å². The van der Waals surface area contributed by atoms with E-state index >= 15 is 0 Å². The van der Waals surface area contributed by atoms with E-state index in [0.717, 1.165) is 31.9 Å². The van der Waals surface area contributed by atoms with Crippen molar-refractivity contribution in [3.05, 3.63) is 24.7 Å². The Balaban J connectivity index is 0.000000921. The number of aliphatic imine (C=N–C) groups is 1. The minimum atomic E-state index is 0.944. The topological polar surface area (TPSA) is 53.6 Å². The maximum atomic E-state index is 5.15. The van der Waals surface area contributed by atoms with Gasteiger partial charge >= 0.3 is 0 Å². The molecule has 15 heavy (non-hydrogen) atoms. The molecule has 1 saturated heterocycles. The monoisotopic (exact) mass is 210 g/mol. The molecule has 0 spiro atoms. The molecule has 3 N–H and O–H groups in total. The zero-order chi connectivity index (χ0) is 11.5. The van der Waals surface area contributed by atoms with Crippen LogP contribution in [0.3, 0.4) is 0 Å². The third-order valence-corrected chi connectivity index (χ3v) is 1.92. The number of piperazine rings is 1. The molecule has 1 heterocycles. The largest absolute Gasteiger partial charge is 0.403 e. The van der Waals surface area contributed by atoms with Gasteiger partial charge in [0.1, 0.15) is 0 Å². The highest BCUT2D eigenvalue weighted by atomic mass is 15.2. The summed E-state index contributed by atoms with van der Waals surface area (Å²) < 4.78 is 0. The molecule has 0 bridgehead atoms. The average Bonchev–Trinajstić information content (AvgIpc) is 2.33. The van der Waals surface area contributed by atoms with Crippen LogP contribution < -0.4 is 11.1 Å². The Labute approximate surface area is 92.6 Å². The van der Waals surface area contributed by atoms with E-state index in [0.29, 0.717) is 0 Å². The first-order valence-electron chi connectivity index (χ1n) is 5.39. The minimum Gasteiger partial charge on any atom is -0.403 e. The molecular formula is C11H22N4. The number of hydrogen-bond donors (Lipinski definition) is 2. The second kappa shape index (κ2) is 9.27. The van der Waals surface area contributed by atoms with Crippen molar-refractivity contribution < 1.29 is 0 Å². The maximum Gasteiger partial charge on any atom is 0.0496 e. The summed E-state index contributed by atoms with van der Waals surface area (Å²) in [5, 5.41) is 3.28. The summed E-state index contributed by atoms with van der Waals surface area (Å²) in [6.45, 7) is 11.9. The van der Waals surface area contributed by atoms with Crippen molar-refractivity contribution in [2.75, 3.05) is 26.2 Å². The van der Waals surface area contributed by atoms with E-state index in [1.807, 2.05) is 13.8 Å². The number of rotatable bonds is 3. The lowest BCUT2D eigenvalue weighted by molar-refractivity contribution is 0.314. The van der Waals surface area contributed by atoms with E-state index in [-0.39, 0.29) is 0 Å². The predicted molar refractivity (Wildman–Crippen MR) is 66.8 cm³/mol. The SMILES string of the molecule is C=C(C=N/C=C\N)N1CCNCC1.CC. The fourth-order valence-electron chi connectivity index (χ4n) is 1.21. The van der Waals surface area contributed by atoms with Crippen molar-refractivity contribution >= 4 is 6.21 Å². The molecule has 1 aliphatic heterocycles. The van der Waals surface area contributed by atoms with E-state index < -0.39 is 0 Å². The molecular weight excluding hydrogens is 188 g/mol. The van der Waals surface area contributed by atoms with Gasteiger partial charge in [-0.1, -0.05) is 20.4 Å². The Morgan fingerprint density at radius 2 is 2.00 bits per heavy atom. The molecule has 0 atom stereocenters. The fourth-order valence-corrected chi connectivity index (χ4v) is 1.21. The van der Waals surface area contributed by atoms with Gasteiger partial charge in [-0.3, -0.25) is 4.99 Å². The van der Waals surface area contributed by atoms with Crippen LogP contribution in [-0.2, 0) is 0 Å². The maximum absolute atomic E-state index is 5.15. The van der Waals surface area contributed by atoms with E-state index in [1.54, 1.807) is 12.4 Å². The van der Waals surface area contributed by atoms with Crippen LogP contribution >= 0.6 is 0 Å². The molecule has 0 amide bonds. The highest BCUT2D eigenvalue weighted by Gasteiger charge is 2.08. The molecule has 0 aromatic heterocycles. The van der Waals surface area contributed by atoms with Crippen LogP contribution in [0.25, 0.3) is 0 Å². The summed E-state index contributed by atoms with van der Waals surface area (Å²) in [5.41, 5.74) is 6.09. The number of nitrogens with two attached hydrogens (primary N) is 1. The quantitative estimate of drug-likeness (QED) is 0.681. The van der Waals surface area contributed by atoms with Crippen LogP contribution in [0.5, 0.6) is 0 Å². The Kier molecular flexibility index (Phi) is 8.47. The summed E-state index contributed by atoms with van der Waals surface area (Å²) in [5.74, 6) is 0. The highest BCUT2D eigenvalue weighted by molar-refractivity contribution is 5.77. The minimum absolute atomic E-state index is 0.944. The third-order valence-electron chi connectivity index (χ3n) is 1.92. The molecule has 86 valence electrons. The Bertz CT molecular complexity index is 215. The van der Waals surface area contributed by atoms with E-state index in [4.69, 9.17) is 5.73 Å². The van der Waals surface area contributed by atoms with Gasteiger partial charge in [-0.15, -0.1) is 0 Å². The lowest BCUT2D eigenvalue weighted by Gasteiger charge is -2.29. The molecule has 0 unspecified atom stereocenters. The van der Waals surface area contributed by atoms with Gasteiger partial charge in [0, 0.05) is 50.5 Å². The van der Waals surface area contributed by atoms with Crippen molar-refractivity contribution in [3.63, 3.8) is 0 Å². The molecule has 1 fully saturated rings. The first-order chi connectivity index (χ1) is 7.34. The first kappa shape index (κ1) is 13.7. The molecule has 0 saturated carbocycles. The van der Waals surface area contributed by atoms with Crippen molar-refractivity contribution in [1.29, 1.82) is 0 Å². The first-order valence-corrected chi connectivity index (χ1v) is 5.39. The Morgan fingerprint density at radius 1 is 1.40 bits per heavy atom. The van der Waals surface area contributed by atoms with Crippen molar-refractivity contribution in [2.45, 2.75) is 13.8 Å². The van der Waals surface area contributed by atoms with Gasteiger partial charge in [-0.25, -0.2) is 0 Å². The van der Waals surface area contributed by atoms with Crippen molar-refractivity contribution in [1.82, 2.24) is 10.2 Å². The van der Waals surface area contributed by atoms with Gasteiger partial charge in [0.05, 0.1) is 0 Å². The van der Waals surface area contributed by atoms with Gasteiger partial charge < -0.3 is 16.0 Å². The predicted octanol–water partition coefficient (Wildman–Crippen LogP) is 0.932. The Hall–Kier alpha value is -1.29. The highest BCUT2D eigenvalue weighted by Crippen LogP contribution is 2.00. The molecule has 0 radical (unpaired) electrons. The van der Waals surface area contributed by atoms with Crippen LogP contribution in [0, 0.1) is 0 Å². The number of hydrogen-bond acceptors (Lipinski definition) is 4. The average molecular weight is 210 g/mol. The third kappa shape index (κ3) is 5.91. The van der Waals surface area contributed by atoms with Crippen molar-refractivity contribution in [3.8, 4) is 0 Å². The van der Waals surface area contributed by atoms with Gasteiger partial charge in [0.15, 0.2) is 0 Å². The summed E-state index contributed by atoms with van der Waals surface area (Å²) in [6.07, 6.45) is 4.68. The van der Waals surface area contributed by atoms with Gasteiger partial charge in [0.25, 0.3) is 0 Å². The molecule has 1 rings (SSSR count). The molecule has 4 heteroatoms. The standard InChI is InChI=1S/C9H16N4.C2H6/c1-9(8-12-3-2-10)13-6-4-11-5-7-13;1-2/h2-3,8,11H,1,4-7,10H2;1-2H3/b3-2-,12-8?;. The summed E-state index contributed by atoms with van der Waals surface area (Å²) in [4.78, 5) is 6.17. The van der Waals surface area contributed by atoms with E-state index in [9.17, 15) is 0 Å². The van der Waals surface area contributed by atoms with E-state index in [1.165, 1.54) is 6.20 Å². The molecule has 0 aliphatic carbocycles. The summed E-state index contributed by atoms with van der Waals surface area (Å²) in [7, 11) is 0. The van der Waals surface area contributed by atoms with Gasteiger partial charge in [-0.05, 0) is 0 Å². The number of allylic oxidation sites excluding steroid dienone is 1. The zero-order valence-electron chi connectivity index (χ0n) is 9.74. The van der Waals surface area contributed by atoms with Crippen LogP contribution in [-0.4, -0.2) is 37.3 Å². The number of nitrogens with one attached hydrogen (secondary N) is 1. The second-order valence-corrected chi connectivity index (χ2v) is 2.85. The van der Waals surface area contributed by atoms with Crippen LogP contribution in [0.2, 0.25) is 0 Å². The smallest absolute Gasteiger partial charge is 0.0496 e. The van der Waals surface area contributed by atoms with Crippen LogP contribution in [0.15, 0.2) is 29.7 Å². The second-order valence-electron chi connectivity index (χ2n) is 2.85. The molecule has 0 aromatic rings. The van der Waals surface area contributed by atoms with Crippen LogP contribution in [0.4, 0.5) is 0 Å². The van der Waals surface area contributed by atoms with Crippen molar-refractivity contribution in [2.24, 2.45) is 10.7 Å². The van der Waals surface area contributed by atoms with Gasteiger partial charge in [0.2, 0.25) is 0 Å². The Morgan fingerprint density at radius 3 is 2.53 bits per heavy atom. The molecule has 0 aromatic carbocycles.